The van der Waals surface area contributed by atoms with Crippen LogP contribution < -0.4 is 0 Å². The summed E-state index contributed by atoms with van der Waals surface area (Å²) in [5.74, 6) is 1.27. The summed E-state index contributed by atoms with van der Waals surface area (Å²) in [6.45, 7) is 2.17. The molecular formula is C12H16ClN. The van der Waals surface area contributed by atoms with Gasteiger partial charge in [-0.1, -0.05) is 25.8 Å². The molecule has 1 aromatic heterocycles. The Labute approximate surface area is 90.5 Å². The van der Waals surface area contributed by atoms with E-state index >= 15 is 0 Å². The van der Waals surface area contributed by atoms with Gasteiger partial charge in [0, 0.05) is 23.2 Å². The maximum atomic E-state index is 6.36. The summed E-state index contributed by atoms with van der Waals surface area (Å²) in [6.07, 6.45) is 5.74. The number of nitrogens with zero attached hydrogens (tertiary/aromatic N) is 1. The standard InChI is InChI=1S/C12H16ClN/c1-9(11(13)8-10-5-6-10)12-4-2-3-7-14-12/h2-4,7,9-11H,5-6,8H2,1H3. The molecule has 0 radical (unpaired) electrons. The number of hydrogen-bond donors (Lipinski definition) is 0. The molecule has 0 aliphatic heterocycles. The second-order valence-corrected chi connectivity index (χ2v) is 4.80. The first-order valence-electron chi connectivity index (χ1n) is 5.32. The zero-order chi connectivity index (χ0) is 9.97. The predicted molar refractivity (Wildman–Crippen MR) is 59.6 cm³/mol. The van der Waals surface area contributed by atoms with Crippen molar-refractivity contribution in [3.05, 3.63) is 30.1 Å². The molecule has 2 atom stereocenters. The molecule has 0 aromatic carbocycles. The van der Waals surface area contributed by atoms with Crippen LogP contribution in [-0.4, -0.2) is 10.4 Å². The van der Waals surface area contributed by atoms with Crippen LogP contribution in [0.1, 0.15) is 37.8 Å². The smallest absolute Gasteiger partial charge is 0.0446 e. The minimum atomic E-state index is 0.248. The highest BCUT2D eigenvalue weighted by Gasteiger charge is 2.27. The van der Waals surface area contributed by atoms with Crippen molar-refractivity contribution >= 4 is 11.6 Å². The maximum Gasteiger partial charge on any atom is 0.0446 e. The van der Waals surface area contributed by atoms with Crippen molar-refractivity contribution in [1.82, 2.24) is 4.98 Å². The number of halogens is 1. The van der Waals surface area contributed by atoms with Gasteiger partial charge in [0.2, 0.25) is 0 Å². The normalized spacial score (nSPS) is 20.4. The molecular weight excluding hydrogens is 194 g/mol. The Balaban J connectivity index is 1.96. The highest BCUT2D eigenvalue weighted by atomic mass is 35.5. The van der Waals surface area contributed by atoms with E-state index in [1.165, 1.54) is 12.8 Å². The lowest BCUT2D eigenvalue weighted by Crippen LogP contribution is -2.11. The van der Waals surface area contributed by atoms with E-state index in [0.717, 1.165) is 18.0 Å². The van der Waals surface area contributed by atoms with E-state index in [1.54, 1.807) is 0 Å². The Bertz CT molecular complexity index is 282. The van der Waals surface area contributed by atoms with Crippen molar-refractivity contribution < 1.29 is 0 Å². The van der Waals surface area contributed by atoms with Gasteiger partial charge < -0.3 is 0 Å². The molecule has 1 heterocycles. The van der Waals surface area contributed by atoms with Gasteiger partial charge in [0.25, 0.3) is 0 Å². The second kappa shape index (κ2) is 4.31. The summed E-state index contributed by atoms with van der Waals surface area (Å²) in [5.41, 5.74) is 1.12. The van der Waals surface area contributed by atoms with Gasteiger partial charge in [-0.15, -0.1) is 11.6 Å². The largest absolute Gasteiger partial charge is 0.261 e. The lowest BCUT2D eigenvalue weighted by atomic mass is 9.99. The monoisotopic (exact) mass is 209 g/mol. The van der Waals surface area contributed by atoms with Gasteiger partial charge in [-0.05, 0) is 24.5 Å². The maximum absolute atomic E-state index is 6.36. The van der Waals surface area contributed by atoms with E-state index in [1.807, 2.05) is 18.3 Å². The van der Waals surface area contributed by atoms with E-state index in [4.69, 9.17) is 11.6 Å². The average molecular weight is 210 g/mol. The summed E-state index contributed by atoms with van der Waals surface area (Å²) in [4.78, 5) is 4.34. The van der Waals surface area contributed by atoms with Crippen LogP contribution in [0.15, 0.2) is 24.4 Å². The van der Waals surface area contributed by atoms with Crippen LogP contribution in [0, 0.1) is 5.92 Å². The molecule has 1 aliphatic rings. The van der Waals surface area contributed by atoms with Gasteiger partial charge in [0.05, 0.1) is 0 Å². The van der Waals surface area contributed by atoms with Crippen LogP contribution in [0.4, 0.5) is 0 Å². The number of rotatable bonds is 4. The topological polar surface area (TPSA) is 12.9 Å². The molecule has 0 bridgehead atoms. The van der Waals surface area contributed by atoms with Gasteiger partial charge in [-0.3, -0.25) is 4.98 Å². The first kappa shape index (κ1) is 9.97. The number of hydrogen-bond acceptors (Lipinski definition) is 1. The highest BCUT2D eigenvalue weighted by molar-refractivity contribution is 6.21. The summed E-state index contributed by atoms with van der Waals surface area (Å²) < 4.78 is 0. The second-order valence-electron chi connectivity index (χ2n) is 4.24. The van der Waals surface area contributed by atoms with E-state index in [0.29, 0.717) is 5.92 Å². The van der Waals surface area contributed by atoms with Crippen molar-refractivity contribution in [2.45, 2.75) is 37.5 Å². The molecule has 0 amide bonds. The molecule has 1 fully saturated rings. The molecule has 0 N–H and O–H groups in total. The van der Waals surface area contributed by atoms with E-state index in [-0.39, 0.29) is 5.38 Å². The van der Waals surface area contributed by atoms with E-state index in [9.17, 15) is 0 Å². The summed E-state index contributed by atoms with van der Waals surface area (Å²) in [7, 11) is 0. The van der Waals surface area contributed by atoms with Crippen LogP contribution in [-0.2, 0) is 0 Å². The summed E-state index contributed by atoms with van der Waals surface area (Å²) >= 11 is 6.36. The van der Waals surface area contributed by atoms with Gasteiger partial charge >= 0.3 is 0 Å². The fourth-order valence-corrected chi connectivity index (χ4v) is 2.09. The zero-order valence-electron chi connectivity index (χ0n) is 8.49. The lowest BCUT2D eigenvalue weighted by Gasteiger charge is -2.16. The fourth-order valence-electron chi connectivity index (χ4n) is 1.71. The Morgan fingerprint density at radius 2 is 2.29 bits per heavy atom. The van der Waals surface area contributed by atoms with E-state index in [2.05, 4.69) is 18.0 Å². The van der Waals surface area contributed by atoms with Gasteiger partial charge in [0.1, 0.15) is 0 Å². The van der Waals surface area contributed by atoms with Crippen LogP contribution in [0.2, 0.25) is 0 Å². The highest BCUT2D eigenvalue weighted by Crippen LogP contribution is 2.38. The molecule has 2 rings (SSSR count). The molecule has 2 heteroatoms. The number of aromatic nitrogens is 1. The van der Waals surface area contributed by atoms with Crippen molar-refractivity contribution in [1.29, 1.82) is 0 Å². The third-order valence-electron chi connectivity index (χ3n) is 2.95. The summed E-state index contributed by atoms with van der Waals surface area (Å²) in [6, 6.07) is 6.03. The predicted octanol–water partition coefficient (Wildman–Crippen LogP) is 3.59. The van der Waals surface area contributed by atoms with Crippen molar-refractivity contribution in [2.75, 3.05) is 0 Å². The van der Waals surface area contributed by atoms with Crippen LogP contribution in [0.5, 0.6) is 0 Å². The molecule has 1 aliphatic carbocycles. The van der Waals surface area contributed by atoms with Gasteiger partial charge in [-0.25, -0.2) is 0 Å². The third kappa shape index (κ3) is 2.48. The minimum Gasteiger partial charge on any atom is -0.261 e. The van der Waals surface area contributed by atoms with E-state index < -0.39 is 0 Å². The van der Waals surface area contributed by atoms with Crippen LogP contribution >= 0.6 is 11.6 Å². The first-order valence-corrected chi connectivity index (χ1v) is 5.76. The number of pyridine rings is 1. The Kier molecular flexibility index (Phi) is 3.07. The molecule has 1 aromatic rings. The Hall–Kier alpha value is -0.560. The van der Waals surface area contributed by atoms with Gasteiger partial charge in [0.15, 0.2) is 0 Å². The molecule has 0 saturated heterocycles. The van der Waals surface area contributed by atoms with Crippen LogP contribution in [0.3, 0.4) is 0 Å². The number of alkyl halides is 1. The molecule has 0 spiro atoms. The summed E-state index contributed by atoms with van der Waals surface area (Å²) in [5, 5.41) is 0.248. The first-order chi connectivity index (χ1) is 6.77. The Morgan fingerprint density at radius 3 is 2.86 bits per heavy atom. The average Bonchev–Trinajstić information content (AvgIpc) is 3.02. The fraction of sp³-hybridized carbons (Fsp3) is 0.583. The molecule has 1 nitrogen and oxygen atoms in total. The third-order valence-corrected chi connectivity index (χ3v) is 3.51. The van der Waals surface area contributed by atoms with Crippen molar-refractivity contribution in [3.63, 3.8) is 0 Å². The molecule has 76 valence electrons. The molecule has 2 unspecified atom stereocenters. The van der Waals surface area contributed by atoms with Crippen LogP contribution in [0.25, 0.3) is 0 Å². The Morgan fingerprint density at radius 1 is 1.50 bits per heavy atom. The van der Waals surface area contributed by atoms with Crippen molar-refractivity contribution in [3.8, 4) is 0 Å². The van der Waals surface area contributed by atoms with Gasteiger partial charge in [-0.2, -0.15) is 0 Å². The molecule has 14 heavy (non-hydrogen) atoms. The quantitative estimate of drug-likeness (QED) is 0.691. The molecule has 1 saturated carbocycles. The lowest BCUT2D eigenvalue weighted by molar-refractivity contribution is 0.591. The minimum absolute atomic E-state index is 0.248. The SMILES string of the molecule is CC(c1ccccn1)C(Cl)CC1CC1. The van der Waals surface area contributed by atoms with Crippen molar-refractivity contribution in [2.24, 2.45) is 5.92 Å². The zero-order valence-corrected chi connectivity index (χ0v) is 9.24.